The lowest BCUT2D eigenvalue weighted by atomic mass is 10.1. The van der Waals surface area contributed by atoms with Crippen LogP contribution in [0.25, 0.3) is 0 Å². The van der Waals surface area contributed by atoms with Crippen LogP contribution in [0.1, 0.15) is 32.7 Å². The zero-order valence-corrected chi connectivity index (χ0v) is 17.2. The summed E-state index contributed by atoms with van der Waals surface area (Å²) in [6.45, 7) is -0.0314. The van der Waals surface area contributed by atoms with Crippen molar-refractivity contribution in [2.24, 2.45) is 0 Å². The average Bonchev–Trinajstić information content (AvgIpc) is 3.37. The normalized spacial score (nSPS) is 17.5. The fraction of sp³-hybridized carbons (Fsp3) is 0.227. The highest BCUT2D eigenvalue weighted by Crippen LogP contribution is 2.25. The molecule has 8 nitrogen and oxygen atoms in total. The van der Waals surface area contributed by atoms with Gasteiger partial charge in [0.05, 0.1) is 28.6 Å². The van der Waals surface area contributed by atoms with E-state index in [1.807, 2.05) is 6.07 Å². The van der Waals surface area contributed by atoms with Crippen molar-refractivity contribution in [2.45, 2.75) is 12.5 Å². The van der Waals surface area contributed by atoms with Crippen LogP contribution in [0.15, 0.2) is 48.5 Å². The third kappa shape index (κ3) is 4.02. The van der Waals surface area contributed by atoms with E-state index in [-0.39, 0.29) is 24.8 Å². The number of rotatable bonds is 5. The van der Waals surface area contributed by atoms with Crippen molar-refractivity contribution in [1.82, 2.24) is 9.80 Å². The van der Waals surface area contributed by atoms with Gasteiger partial charge in [-0.15, -0.1) is 11.8 Å². The molecular formula is C22H18N4O4S. The summed E-state index contributed by atoms with van der Waals surface area (Å²) in [5.74, 6) is -0.586. The van der Waals surface area contributed by atoms with Gasteiger partial charge in [-0.1, -0.05) is 12.1 Å². The van der Waals surface area contributed by atoms with Crippen molar-refractivity contribution in [3.05, 3.63) is 65.2 Å². The van der Waals surface area contributed by atoms with E-state index in [1.165, 1.54) is 16.7 Å². The Morgan fingerprint density at radius 1 is 1.06 bits per heavy atom. The monoisotopic (exact) mass is 434 g/mol. The van der Waals surface area contributed by atoms with Crippen molar-refractivity contribution in [3.8, 4) is 6.07 Å². The Balaban J connectivity index is 1.37. The molecule has 2 aromatic rings. The van der Waals surface area contributed by atoms with Crippen molar-refractivity contribution >= 4 is 41.1 Å². The molecular weight excluding hydrogens is 416 g/mol. The van der Waals surface area contributed by atoms with Crippen LogP contribution in [-0.4, -0.2) is 57.6 Å². The van der Waals surface area contributed by atoms with Gasteiger partial charge in [-0.25, -0.2) is 0 Å². The molecule has 1 fully saturated rings. The second-order valence-corrected chi connectivity index (χ2v) is 8.11. The number of fused-ring (bicyclic) bond motifs is 1. The lowest BCUT2D eigenvalue weighted by Gasteiger charge is -2.24. The first-order chi connectivity index (χ1) is 15.0. The Hall–Kier alpha value is -3.64. The smallest absolute Gasteiger partial charge is 0.261 e. The van der Waals surface area contributed by atoms with Gasteiger partial charge >= 0.3 is 0 Å². The van der Waals surface area contributed by atoms with Crippen LogP contribution in [0, 0.1) is 11.3 Å². The number of imide groups is 1. The maximum Gasteiger partial charge on any atom is 0.261 e. The van der Waals surface area contributed by atoms with Crippen LogP contribution < -0.4 is 5.32 Å². The number of carbonyl (C=O) groups is 4. The molecule has 1 saturated heterocycles. The lowest BCUT2D eigenvalue weighted by Crippen LogP contribution is -2.45. The summed E-state index contributed by atoms with van der Waals surface area (Å²) in [5.41, 5.74) is 1.71. The number of anilines is 1. The van der Waals surface area contributed by atoms with E-state index in [9.17, 15) is 19.2 Å². The zero-order valence-electron chi connectivity index (χ0n) is 16.4. The molecule has 0 saturated carbocycles. The second-order valence-electron chi connectivity index (χ2n) is 7.12. The lowest BCUT2D eigenvalue weighted by molar-refractivity contribution is -0.136. The van der Waals surface area contributed by atoms with Gasteiger partial charge in [0.2, 0.25) is 11.8 Å². The van der Waals surface area contributed by atoms with E-state index >= 15 is 0 Å². The number of carbonyl (C=O) groups excluding carboxylic acids is 4. The maximum atomic E-state index is 12.8. The molecule has 0 bridgehead atoms. The molecule has 0 aromatic heterocycles. The van der Waals surface area contributed by atoms with Gasteiger partial charge in [0.25, 0.3) is 11.8 Å². The number of nitriles is 1. The molecule has 4 rings (SSSR count). The molecule has 2 aliphatic rings. The Bertz CT molecular complexity index is 1070. The summed E-state index contributed by atoms with van der Waals surface area (Å²) in [6.07, 6.45) is -0.0489. The van der Waals surface area contributed by atoms with Gasteiger partial charge in [-0.05, 0) is 36.4 Å². The molecule has 4 amide bonds. The van der Waals surface area contributed by atoms with Crippen molar-refractivity contribution < 1.29 is 19.2 Å². The summed E-state index contributed by atoms with van der Waals surface area (Å²) in [5, 5.41) is 11.6. The highest BCUT2D eigenvalue weighted by molar-refractivity contribution is 7.99. The summed E-state index contributed by atoms with van der Waals surface area (Å²) >= 11 is 1.47. The van der Waals surface area contributed by atoms with Gasteiger partial charge in [0, 0.05) is 24.4 Å². The van der Waals surface area contributed by atoms with Crippen molar-refractivity contribution in [1.29, 1.82) is 5.26 Å². The summed E-state index contributed by atoms with van der Waals surface area (Å²) < 4.78 is 0. The van der Waals surface area contributed by atoms with Gasteiger partial charge in [0.1, 0.15) is 6.04 Å². The van der Waals surface area contributed by atoms with Gasteiger partial charge in [-0.3, -0.25) is 24.1 Å². The minimum absolute atomic E-state index is 0.0314. The average molecular weight is 434 g/mol. The van der Waals surface area contributed by atoms with Crippen LogP contribution >= 0.6 is 11.8 Å². The second kappa shape index (κ2) is 8.62. The number of nitrogens with one attached hydrogen (secondary N) is 1. The van der Waals surface area contributed by atoms with E-state index in [4.69, 9.17) is 5.26 Å². The van der Waals surface area contributed by atoms with E-state index in [2.05, 4.69) is 5.32 Å². The summed E-state index contributed by atoms with van der Waals surface area (Å²) in [7, 11) is 0. The number of hydrogen-bond donors (Lipinski definition) is 1. The molecule has 9 heteroatoms. The van der Waals surface area contributed by atoms with E-state index in [0.717, 1.165) is 4.90 Å². The molecule has 156 valence electrons. The Morgan fingerprint density at radius 3 is 2.32 bits per heavy atom. The van der Waals surface area contributed by atoms with Crippen LogP contribution in [-0.2, 0) is 9.59 Å². The van der Waals surface area contributed by atoms with Gasteiger partial charge < -0.3 is 10.2 Å². The van der Waals surface area contributed by atoms with Gasteiger partial charge in [-0.2, -0.15) is 5.26 Å². The largest absolute Gasteiger partial charge is 0.324 e. The molecule has 2 aliphatic heterocycles. The fourth-order valence-electron chi connectivity index (χ4n) is 3.55. The third-order valence-corrected chi connectivity index (χ3v) is 6.23. The van der Waals surface area contributed by atoms with Crippen LogP contribution in [0.4, 0.5) is 5.69 Å². The zero-order chi connectivity index (χ0) is 22.0. The Morgan fingerprint density at radius 2 is 1.71 bits per heavy atom. The number of benzene rings is 2. The number of hydrogen-bond acceptors (Lipinski definition) is 6. The summed E-state index contributed by atoms with van der Waals surface area (Å²) in [6, 6.07) is 14.4. The molecule has 0 radical (unpaired) electrons. The van der Waals surface area contributed by atoms with Crippen molar-refractivity contribution in [3.63, 3.8) is 0 Å². The molecule has 2 aromatic carbocycles. The molecule has 1 N–H and O–H groups in total. The minimum Gasteiger partial charge on any atom is -0.324 e. The number of nitrogens with zero attached hydrogens (tertiary/aromatic N) is 3. The number of thioether (sulfide) groups is 1. The fourth-order valence-corrected chi connectivity index (χ4v) is 4.73. The van der Waals surface area contributed by atoms with Crippen LogP contribution in [0.5, 0.6) is 0 Å². The quantitative estimate of drug-likeness (QED) is 0.722. The Labute approximate surface area is 182 Å². The minimum atomic E-state index is -0.643. The SMILES string of the molecule is N#Cc1ccc(NC(=O)C2CSCN2C(=O)CCN2C(=O)c3ccccc3C2=O)cc1. The van der Waals surface area contributed by atoms with Crippen molar-refractivity contribution in [2.75, 3.05) is 23.5 Å². The van der Waals surface area contributed by atoms with Gasteiger partial charge in [0.15, 0.2) is 0 Å². The first kappa shape index (κ1) is 20.6. The molecule has 1 atom stereocenters. The van der Waals surface area contributed by atoms with Crippen LogP contribution in [0.3, 0.4) is 0 Å². The highest BCUT2D eigenvalue weighted by Gasteiger charge is 2.38. The third-order valence-electron chi connectivity index (χ3n) is 5.21. The standard InChI is InChI=1S/C22H18N4O4S/c23-11-14-5-7-15(8-6-14)24-20(28)18-12-31-13-26(18)19(27)9-10-25-21(29)16-3-1-2-4-17(16)22(25)30/h1-8,18H,9-10,12-13H2,(H,24,28). The molecule has 0 aliphatic carbocycles. The number of amides is 4. The van der Waals surface area contributed by atoms with E-state index in [1.54, 1.807) is 48.5 Å². The predicted octanol–water partition coefficient (Wildman–Crippen LogP) is 2.08. The highest BCUT2D eigenvalue weighted by atomic mass is 32.2. The first-order valence-electron chi connectivity index (χ1n) is 9.63. The van der Waals surface area contributed by atoms with Crippen LogP contribution in [0.2, 0.25) is 0 Å². The molecule has 2 heterocycles. The topological polar surface area (TPSA) is 111 Å². The van der Waals surface area contributed by atoms with E-state index < -0.39 is 17.9 Å². The van der Waals surface area contributed by atoms with E-state index in [0.29, 0.717) is 34.0 Å². The maximum absolute atomic E-state index is 12.8. The Kier molecular flexibility index (Phi) is 5.73. The predicted molar refractivity (Wildman–Crippen MR) is 114 cm³/mol. The molecule has 0 spiro atoms. The molecule has 1 unspecified atom stereocenters. The molecule has 31 heavy (non-hydrogen) atoms. The summed E-state index contributed by atoms with van der Waals surface area (Å²) in [4.78, 5) is 52.9. The first-order valence-corrected chi connectivity index (χ1v) is 10.8.